The molecule has 0 spiro atoms. The van der Waals surface area contributed by atoms with E-state index < -0.39 is 6.04 Å². The van der Waals surface area contributed by atoms with Gasteiger partial charge >= 0.3 is 0 Å². The maximum absolute atomic E-state index is 11.7. The minimum atomic E-state index is -0.667. The first-order valence-electron chi connectivity index (χ1n) is 5.49. The monoisotopic (exact) mass is 246 g/mol. The fourth-order valence-electron chi connectivity index (χ4n) is 1.52. The highest BCUT2D eigenvalue weighted by molar-refractivity contribution is 5.93. The Labute approximate surface area is 104 Å². The van der Waals surface area contributed by atoms with Crippen LogP contribution in [0.1, 0.15) is 5.56 Å². The molecule has 0 aliphatic carbocycles. The lowest BCUT2D eigenvalue weighted by molar-refractivity contribution is -0.117. The summed E-state index contributed by atoms with van der Waals surface area (Å²) >= 11 is 0. The van der Waals surface area contributed by atoms with Crippen molar-refractivity contribution < 1.29 is 9.90 Å². The van der Waals surface area contributed by atoms with E-state index in [-0.39, 0.29) is 11.7 Å². The molecule has 0 aliphatic rings. The fraction of sp³-hybridized carbons (Fsp3) is 0.167. The number of nitrogens with zero attached hydrogens (tertiary/aromatic N) is 1. The first kappa shape index (κ1) is 12.1. The molecule has 2 aromatic rings. The second-order valence-electron chi connectivity index (χ2n) is 3.90. The molecule has 6 heteroatoms. The number of nitrogens with two attached hydrogens (primary N) is 1. The van der Waals surface area contributed by atoms with E-state index in [9.17, 15) is 4.79 Å². The first-order valence-corrected chi connectivity index (χ1v) is 5.49. The molecule has 0 saturated heterocycles. The Kier molecular flexibility index (Phi) is 3.59. The molecular weight excluding hydrogens is 232 g/mol. The van der Waals surface area contributed by atoms with Crippen LogP contribution in [0.5, 0.6) is 5.75 Å². The molecule has 1 atom stereocenters. The summed E-state index contributed by atoms with van der Waals surface area (Å²) in [5.74, 6) is 0.256. The lowest BCUT2D eigenvalue weighted by Crippen LogP contribution is -2.37. The molecule has 1 aromatic heterocycles. The third kappa shape index (κ3) is 3.08. The van der Waals surface area contributed by atoms with Gasteiger partial charge in [0.05, 0.1) is 6.04 Å². The Morgan fingerprint density at radius 3 is 2.78 bits per heavy atom. The molecule has 0 unspecified atom stereocenters. The number of aromatic hydroxyl groups is 1. The molecule has 1 amide bonds. The van der Waals surface area contributed by atoms with E-state index in [1.807, 2.05) is 0 Å². The Morgan fingerprint density at radius 2 is 2.17 bits per heavy atom. The molecule has 2 rings (SSSR count). The van der Waals surface area contributed by atoms with Gasteiger partial charge in [0.15, 0.2) is 0 Å². The fourth-order valence-corrected chi connectivity index (χ4v) is 1.52. The Bertz CT molecular complexity index is 507. The highest BCUT2D eigenvalue weighted by Gasteiger charge is 2.14. The number of carbonyl (C=O) groups excluding carboxylic acids is 1. The molecule has 94 valence electrons. The zero-order chi connectivity index (χ0) is 13.0. The van der Waals surface area contributed by atoms with Crippen LogP contribution in [0.25, 0.3) is 0 Å². The second kappa shape index (κ2) is 5.33. The van der Waals surface area contributed by atoms with Gasteiger partial charge in [-0.3, -0.25) is 10.1 Å². The van der Waals surface area contributed by atoms with Crippen LogP contribution >= 0.6 is 0 Å². The van der Waals surface area contributed by atoms with Gasteiger partial charge in [0.1, 0.15) is 5.75 Å². The minimum absolute atomic E-state index is 0.187. The van der Waals surface area contributed by atoms with Gasteiger partial charge < -0.3 is 15.8 Å². The van der Waals surface area contributed by atoms with Crippen molar-refractivity contribution in [2.75, 3.05) is 5.32 Å². The van der Waals surface area contributed by atoms with E-state index in [2.05, 4.69) is 15.3 Å². The van der Waals surface area contributed by atoms with Gasteiger partial charge in [-0.15, -0.1) is 0 Å². The number of hydrogen-bond acceptors (Lipinski definition) is 4. The number of phenols is 1. The average molecular weight is 246 g/mol. The van der Waals surface area contributed by atoms with Crippen LogP contribution in [-0.4, -0.2) is 27.0 Å². The summed E-state index contributed by atoms with van der Waals surface area (Å²) < 4.78 is 0. The van der Waals surface area contributed by atoms with Gasteiger partial charge in [-0.25, -0.2) is 4.98 Å². The van der Waals surface area contributed by atoms with Crippen molar-refractivity contribution >= 4 is 11.9 Å². The van der Waals surface area contributed by atoms with Gasteiger partial charge in [-0.1, -0.05) is 12.1 Å². The van der Waals surface area contributed by atoms with Gasteiger partial charge in [-0.05, 0) is 24.1 Å². The summed E-state index contributed by atoms with van der Waals surface area (Å²) in [5.41, 5.74) is 6.67. The van der Waals surface area contributed by atoms with Crippen LogP contribution in [0.4, 0.5) is 5.95 Å². The van der Waals surface area contributed by atoms with E-state index in [0.29, 0.717) is 12.4 Å². The summed E-state index contributed by atoms with van der Waals surface area (Å²) in [6.07, 6.45) is 3.55. The van der Waals surface area contributed by atoms with Crippen molar-refractivity contribution in [3.63, 3.8) is 0 Å². The number of imidazole rings is 1. The molecule has 0 bridgehead atoms. The van der Waals surface area contributed by atoms with Crippen molar-refractivity contribution in [2.24, 2.45) is 5.73 Å². The standard InChI is InChI=1S/C12H14N4O2/c13-10(7-8-1-3-9(17)4-2-8)11(18)16-12-14-5-6-15-12/h1-6,10,17H,7,13H2,(H2,14,15,16,18)/t10-/m0/s1. The molecule has 18 heavy (non-hydrogen) atoms. The number of benzene rings is 1. The van der Waals surface area contributed by atoms with E-state index in [0.717, 1.165) is 5.56 Å². The Morgan fingerprint density at radius 1 is 1.44 bits per heavy atom. The molecular formula is C12H14N4O2. The normalized spacial score (nSPS) is 12.1. The molecule has 0 aliphatic heterocycles. The number of nitrogens with one attached hydrogen (secondary N) is 2. The van der Waals surface area contributed by atoms with Crippen molar-refractivity contribution in [3.8, 4) is 5.75 Å². The molecule has 1 heterocycles. The number of H-pyrrole nitrogens is 1. The predicted octanol–water partition coefficient (Wildman–Crippen LogP) is 0.624. The van der Waals surface area contributed by atoms with Gasteiger partial charge in [-0.2, -0.15) is 0 Å². The number of hydrogen-bond donors (Lipinski definition) is 4. The van der Waals surface area contributed by atoms with Crippen molar-refractivity contribution in [1.29, 1.82) is 0 Å². The summed E-state index contributed by atoms with van der Waals surface area (Å²) in [6.45, 7) is 0. The Balaban J connectivity index is 1.93. The van der Waals surface area contributed by atoms with Gasteiger partial charge in [0.2, 0.25) is 11.9 Å². The summed E-state index contributed by atoms with van der Waals surface area (Å²) in [5, 5.41) is 11.7. The van der Waals surface area contributed by atoms with E-state index >= 15 is 0 Å². The van der Waals surface area contributed by atoms with Crippen LogP contribution in [0.2, 0.25) is 0 Å². The lowest BCUT2D eigenvalue weighted by Gasteiger charge is -2.10. The highest BCUT2D eigenvalue weighted by atomic mass is 16.3. The SMILES string of the molecule is N[C@@H](Cc1ccc(O)cc1)C(=O)Nc1ncc[nH]1. The number of anilines is 1. The maximum atomic E-state index is 11.7. The molecule has 1 aromatic carbocycles. The van der Waals surface area contributed by atoms with Crippen LogP contribution in [0, 0.1) is 0 Å². The molecule has 5 N–H and O–H groups in total. The number of amides is 1. The third-order valence-electron chi connectivity index (χ3n) is 2.47. The van der Waals surface area contributed by atoms with E-state index in [4.69, 9.17) is 10.8 Å². The number of aromatic nitrogens is 2. The van der Waals surface area contributed by atoms with Gasteiger partial charge in [0, 0.05) is 12.4 Å². The van der Waals surface area contributed by atoms with Crippen LogP contribution in [0.3, 0.4) is 0 Å². The summed E-state index contributed by atoms with van der Waals surface area (Å²) in [7, 11) is 0. The second-order valence-corrected chi connectivity index (χ2v) is 3.90. The predicted molar refractivity (Wildman–Crippen MR) is 67.0 cm³/mol. The van der Waals surface area contributed by atoms with Crippen LogP contribution in [-0.2, 0) is 11.2 Å². The first-order chi connectivity index (χ1) is 8.65. The molecule has 0 radical (unpaired) electrons. The van der Waals surface area contributed by atoms with Crippen LogP contribution in [0.15, 0.2) is 36.7 Å². The van der Waals surface area contributed by atoms with Crippen molar-refractivity contribution in [3.05, 3.63) is 42.2 Å². The third-order valence-corrected chi connectivity index (χ3v) is 2.47. The van der Waals surface area contributed by atoms with Crippen molar-refractivity contribution in [1.82, 2.24) is 9.97 Å². The number of phenolic OH excluding ortho intramolecular Hbond substituents is 1. The summed E-state index contributed by atoms with van der Waals surface area (Å²) in [4.78, 5) is 18.4. The average Bonchev–Trinajstić information content (AvgIpc) is 2.85. The van der Waals surface area contributed by atoms with Crippen LogP contribution < -0.4 is 11.1 Å². The summed E-state index contributed by atoms with van der Waals surface area (Å²) in [6, 6.07) is 5.92. The quantitative estimate of drug-likeness (QED) is 0.635. The zero-order valence-electron chi connectivity index (χ0n) is 9.63. The van der Waals surface area contributed by atoms with Gasteiger partial charge in [0.25, 0.3) is 0 Å². The number of carbonyl (C=O) groups is 1. The lowest BCUT2D eigenvalue weighted by atomic mass is 10.1. The highest BCUT2D eigenvalue weighted by Crippen LogP contribution is 2.11. The molecule has 6 nitrogen and oxygen atoms in total. The molecule has 0 saturated carbocycles. The largest absolute Gasteiger partial charge is 0.508 e. The molecule has 0 fully saturated rings. The van der Waals surface area contributed by atoms with E-state index in [1.165, 1.54) is 0 Å². The Hall–Kier alpha value is -2.34. The van der Waals surface area contributed by atoms with E-state index in [1.54, 1.807) is 36.7 Å². The number of aromatic amines is 1. The smallest absolute Gasteiger partial charge is 0.243 e. The maximum Gasteiger partial charge on any atom is 0.243 e. The van der Waals surface area contributed by atoms with Crippen molar-refractivity contribution in [2.45, 2.75) is 12.5 Å². The zero-order valence-corrected chi connectivity index (χ0v) is 9.63. The number of rotatable bonds is 4. The minimum Gasteiger partial charge on any atom is -0.508 e. The topological polar surface area (TPSA) is 104 Å².